The van der Waals surface area contributed by atoms with Crippen molar-refractivity contribution in [2.45, 2.75) is 19.1 Å². The Morgan fingerprint density at radius 2 is 2.53 bits per heavy atom. The average Bonchev–Trinajstić information content (AvgIpc) is 2.79. The molecule has 84 valence electrons. The van der Waals surface area contributed by atoms with E-state index in [1.165, 1.54) is 0 Å². The van der Waals surface area contributed by atoms with Crippen LogP contribution in [0.3, 0.4) is 0 Å². The number of nitrogens with zero attached hydrogens (tertiary/aromatic N) is 3. The number of aromatic nitrogens is 3. The normalized spacial score (nSPS) is 21.7. The van der Waals surface area contributed by atoms with Crippen molar-refractivity contribution in [1.82, 2.24) is 20.3 Å². The Balaban J connectivity index is 1.54. The van der Waals surface area contributed by atoms with Gasteiger partial charge in [0.2, 0.25) is 0 Å². The molecule has 1 saturated heterocycles. The SMILES string of the molecule is c1cn(CCNCC2CCOCO2)nn1. The van der Waals surface area contributed by atoms with E-state index in [1.807, 2.05) is 6.20 Å². The Hall–Kier alpha value is -0.980. The van der Waals surface area contributed by atoms with Crippen molar-refractivity contribution in [3.05, 3.63) is 12.4 Å². The second-order valence-electron chi connectivity index (χ2n) is 3.47. The molecule has 0 aromatic carbocycles. The summed E-state index contributed by atoms with van der Waals surface area (Å²) in [5.74, 6) is 0. The minimum absolute atomic E-state index is 0.287. The van der Waals surface area contributed by atoms with Crippen LogP contribution in [-0.2, 0) is 16.0 Å². The fourth-order valence-corrected chi connectivity index (χ4v) is 1.47. The third-order valence-corrected chi connectivity index (χ3v) is 2.33. The van der Waals surface area contributed by atoms with Crippen LogP contribution in [0.25, 0.3) is 0 Å². The molecular formula is C9H16N4O2. The van der Waals surface area contributed by atoms with Gasteiger partial charge in [-0.2, -0.15) is 0 Å². The quantitative estimate of drug-likeness (QED) is 0.675. The molecule has 1 aromatic rings. The third kappa shape index (κ3) is 3.58. The summed E-state index contributed by atoms with van der Waals surface area (Å²) in [6.07, 6.45) is 4.79. The Morgan fingerprint density at radius 3 is 3.27 bits per heavy atom. The zero-order valence-corrected chi connectivity index (χ0v) is 8.63. The highest BCUT2D eigenvalue weighted by Crippen LogP contribution is 2.03. The molecule has 0 aliphatic carbocycles. The van der Waals surface area contributed by atoms with Gasteiger partial charge in [-0.3, -0.25) is 4.68 Å². The number of hydrogen-bond acceptors (Lipinski definition) is 5. The van der Waals surface area contributed by atoms with E-state index in [-0.39, 0.29) is 6.10 Å². The highest BCUT2D eigenvalue weighted by Gasteiger charge is 2.12. The highest BCUT2D eigenvalue weighted by atomic mass is 16.7. The summed E-state index contributed by atoms with van der Waals surface area (Å²) in [5.41, 5.74) is 0. The summed E-state index contributed by atoms with van der Waals surface area (Å²) in [6, 6.07) is 0. The van der Waals surface area contributed by atoms with E-state index < -0.39 is 0 Å². The molecule has 1 atom stereocenters. The number of ether oxygens (including phenoxy) is 2. The van der Waals surface area contributed by atoms with E-state index in [9.17, 15) is 0 Å². The minimum Gasteiger partial charge on any atom is -0.355 e. The predicted octanol–water partition coefficient (Wildman–Crippen LogP) is -0.369. The van der Waals surface area contributed by atoms with E-state index in [1.54, 1.807) is 10.9 Å². The van der Waals surface area contributed by atoms with Crippen molar-refractivity contribution < 1.29 is 9.47 Å². The Bertz CT molecular complexity index is 259. The van der Waals surface area contributed by atoms with Gasteiger partial charge in [-0.1, -0.05) is 5.21 Å². The number of hydrogen-bond donors (Lipinski definition) is 1. The zero-order chi connectivity index (χ0) is 10.3. The maximum atomic E-state index is 5.40. The maximum Gasteiger partial charge on any atom is 0.147 e. The second kappa shape index (κ2) is 5.79. The van der Waals surface area contributed by atoms with Crippen molar-refractivity contribution in [3.8, 4) is 0 Å². The molecule has 6 heteroatoms. The standard InChI is InChI=1S/C9H16N4O2/c1-6-14-8-15-9(1)7-10-2-4-13-5-3-11-12-13/h3,5,9-10H,1-2,4,6-8H2. The lowest BCUT2D eigenvalue weighted by Crippen LogP contribution is -2.35. The van der Waals surface area contributed by atoms with Crippen LogP contribution in [0.2, 0.25) is 0 Å². The Kier molecular flexibility index (Phi) is 4.07. The van der Waals surface area contributed by atoms with E-state index in [0.717, 1.165) is 32.7 Å². The van der Waals surface area contributed by atoms with E-state index in [2.05, 4.69) is 15.6 Å². The molecule has 15 heavy (non-hydrogen) atoms. The molecule has 1 aliphatic heterocycles. The lowest BCUT2D eigenvalue weighted by molar-refractivity contribution is -0.137. The van der Waals surface area contributed by atoms with Crippen molar-refractivity contribution in [2.24, 2.45) is 0 Å². The van der Waals surface area contributed by atoms with E-state index in [4.69, 9.17) is 9.47 Å². The van der Waals surface area contributed by atoms with Crippen molar-refractivity contribution >= 4 is 0 Å². The molecule has 0 spiro atoms. The predicted molar refractivity (Wildman–Crippen MR) is 53.2 cm³/mol. The minimum atomic E-state index is 0.287. The second-order valence-corrected chi connectivity index (χ2v) is 3.47. The summed E-state index contributed by atoms with van der Waals surface area (Å²) in [6.45, 7) is 3.82. The molecule has 2 heterocycles. The molecule has 2 rings (SSSR count). The van der Waals surface area contributed by atoms with Crippen LogP contribution >= 0.6 is 0 Å². The molecule has 0 bridgehead atoms. The van der Waals surface area contributed by atoms with Crippen molar-refractivity contribution in [3.63, 3.8) is 0 Å². The van der Waals surface area contributed by atoms with Gasteiger partial charge in [-0.25, -0.2) is 0 Å². The lowest BCUT2D eigenvalue weighted by atomic mass is 10.2. The van der Waals surface area contributed by atoms with Crippen molar-refractivity contribution in [2.75, 3.05) is 26.5 Å². The zero-order valence-electron chi connectivity index (χ0n) is 8.63. The van der Waals surface area contributed by atoms with Crippen LogP contribution in [0.1, 0.15) is 6.42 Å². The third-order valence-electron chi connectivity index (χ3n) is 2.33. The van der Waals surface area contributed by atoms with Gasteiger partial charge in [0.15, 0.2) is 0 Å². The van der Waals surface area contributed by atoms with Crippen LogP contribution in [-0.4, -0.2) is 47.6 Å². The van der Waals surface area contributed by atoms with Crippen LogP contribution < -0.4 is 5.32 Å². The fraction of sp³-hybridized carbons (Fsp3) is 0.778. The lowest BCUT2D eigenvalue weighted by Gasteiger charge is -2.22. The van der Waals surface area contributed by atoms with Gasteiger partial charge in [0.1, 0.15) is 6.79 Å². The molecule has 1 N–H and O–H groups in total. The van der Waals surface area contributed by atoms with Gasteiger partial charge in [-0.15, -0.1) is 5.10 Å². The van der Waals surface area contributed by atoms with Gasteiger partial charge in [0, 0.05) is 19.3 Å². The molecule has 0 saturated carbocycles. The van der Waals surface area contributed by atoms with Crippen LogP contribution in [0.5, 0.6) is 0 Å². The van der Waals surface area contributed by atoms with Gasteiger partial charge in [0.25, 0.3) is 0 Å². The summed E-state index contributed by atoms with van der Waals surface area (Å²) in [7, 11) is 0. The smallest absolute Gasteiger partial charge is 0.147 e. The molecule has 1 fully saturated rings. The van der Waals surface area contributed by atoms with Gasteiger partial charge < -0.3 is 14.8 Å². The summed E-state index contributed by atoms with van der Waals surface area (Å²) >= 11 is 0. The monoisotopic (exact) mass is 212 g/mol. The van der Waals surface area contributed by atoms with Crippen LogP contribution in [0.15, 0.2) is 12.4 Å². The first-order chi connectivity index (χ1) is 7.45. The van der Waals surface area contributed by atoms with Gasteiger partial charge >= 0.3 is 0 Å². The molecular weight excluding hydrogens is 196 g/mol. The van der Waals surface area contributed by atoms with E-state index in [0.29, 0.717) is 6.79 Å². The molecule has 0 radical (unpaired) electrons. The topological polar surface area (TPSA) is 61.2 Å². The first-order valence-electron chi connectivity index (χ1n) is 5.19. The summed E-state index contributed by atoms with van der Waals surface area (Å²) in [4.78, 5) is 0. The number of nitrogens with one attached hydrogen (secondary N) is 1. The van der Waals surface area contributed by atoms with Gasteiger partial charge in [-0.05, 0) is 6.42 Å². The first-order valence-corrected chi connectivity index (χ1v) is 5.19. The summed E-state index contributed by atoms with van der Waals surface area (Å²) in [5, 5.41) is 10.9. The largest absolute Gasteiger partial charge is 0.355 e. The molecule has 6 nitrogen and oxygen atoms in total. The van der Waals surface area contributed by atoms with Crippen molar-refractivity contribution in [1.29, 1.82) is 0 Å². The molecule has 1 unspecified atom stereocenters. The van der Waals surface area contributed by atoms with E-state index >= 15 is 0 Å². The molecule has 1 aromatic heterocycles. The molecule has 0 amide bonds. The van der Waals surface area contributed by atoms with Crippen LogP contribution in [0, 0.1) is 0 Å². The maximum absolute atomic E-state index is 5.40. The first kappa shape index (κ1) is 10.5. The average molecular weight is 212 g/mol. The van der Waals surface area contributed by atoms with Gasteiger partial charge in [0.05, 0.1) is 25.5 Å². The Labute approximate surface area is 88.6 Å². The Morgan fingerprint density at radius 1 is 1.53 bits per heavy atom. The number of rotatable bonds is 5. The summed E-state index contributed by atoms with van der Waals surface area (Å²) < 4.78 is 12.3. The van der Waals surface area contributed by atoms with Crippen LogP contribution in [0.4, 0.5) is 0 Å². The highest BCUT2D eigenvalue weighted by molar-refractivity contribution is 4.66. The molecule has 1 aliphatic rings. The fourth-order valence-electron chi connectivity index (χ4n) is 1.47.